The lowest BCUT2D eigenvalue weighted by molar-refractivity contribution is 1.34. The van der Waals surface area contributed by atoms with Gasteiger partial charge < -0.3 is 0 Å². The van der Waals surface area contributed by atoms with Gasteiger partial charge in [0.2, 0.25) is 0 Å². The second-order valence-corrected chi connectivity index (χ2v) is 3.36. The molecule has 0 spiro atoms. The fourth-order valence-electron chi connectivity index (χ4n) is 0.606. The Labute approximate surface area is 78.6 Å². The normalized spacial score (nSPS) is 8.90. The van der Waals surface area contributed by atoms with Gasteiger partial charge >= 0.3 is 0 Å². The number of nitriles is 1. The number of rotatable bonds is 0. The van der Waals surface area contributed by atoms with Crippen LogP contribution in [0.1, 0.15) is 5.56 Å². The molecule has 0 heterocycles. The van der Waals surface area contributed by atoms with Crippen LogP contribution >= 0.6 is 35.2 Å². The summed E-state index contributed by atoms with van der Waals surface area (Å²) in [6.45, 7) is 0. The molecule has 0 aliphatic rings. The quantitative estimate of drug-likeness (QED) is 0.563. The monoisotopic (exact) mass is 261 g/mol. The Kier molecular flexibility index (Phi) is 2.57. The Morgan fingerprint density at radius 1 is 1.50 bits per heavy atom. The Balaban J connectivity index is 3.31. The number of thiol groups is 1. The van der Waals surface area contributed by atoms with Crippen molar-refractivity contribution < 1.29 is 0 Å². The maximum absolute atomic E-state index is 8.54. The molecular formula is C7H4INS. The molecule has 0 aliphatic heterocycles. The van der Waals surface area contributed by atoms with Gasteiger partial charge in [0.25, 0.3) is 0 Å². The molecule has 0 bridgehead atoms. The lowest BCUT2D eigenvalue weighted by Crippen LogP contribution is -1.80. The van der Waals surface area contributed by atoms with E-state index in [1.54, 1.807) is 6.07 Å². The maximum atomic E-state index is 8.54. The molecule has 0 aromatic heterocycles. The highest BCUT2D eigenvalue weighted by Crippen LogP contribution is 2.19. The first-order chi connectivity index (χ1) is 4.75. The molecule has 0 fully saturated rings. The zero-order valence-corrected chi connectivity index (χ0v) is 8.06. The van der Waals surface area contributed by atoms with E-state index in [1.165, 1.54) is 0 Å². The minimum atomic E-state index is 0.634. The molecule has 1 rings (SSSR count). The molecule has 0 saturated heterocycles. The highest BCUT2D eigenvalue weighted by molar-refractivity contribution is 14.1. The molecule has 0 radical (unpaired) electrons. The number of nitrogens with zero attached hydrogens (tertiary/aromatic N) is 1. The molecule has 0 saturated carbocycles. The van der Waals surface area contributed by atoms with E-state index < -0.39 is 0 Å². The smallest absolute Gasteiger partial charge is 0.100 e. The molecular weight excluding hydrogens is 257 g/mol. The van der Waals surface area contributed by atoms with Crippen molar-refractivity contribution in [1.82, 2.24) is 0 Å². The third-order valence-electron chi connectivity index (χ3n) is 1.11. The van der Waals surface area contributed by atoms with Crippen LogP contribution in [-0.4, -0.2) is 0 Å². The average molecular weight is 261 g/mol. The topological polar surface area (TPSA) is 23.8 Å². The van der Waals surface area contributed by atoms with Crippen LogP contribution in [0.25, 0.3) is 0 Å². The van der Waals surface area contributed by atoms with Crippen molar-refractivity contribution in [3.05, 3.63) is 27.3 Å². The van der Waals surface area contributed by atoms with E-state index in [2.05, 4.69) is 41.3 Å². The van der Waals surface area contributed by atoms with Crippen LogP contribution in [0.4, 0.5) is 0 Å². The predicted octanol–water partition coefficient (Wildman–Crippen LogP) is 2.45. The van der Waals surface area contributed by atoms with Crippen LogP contribution < -0.4 is 0 Å². The summed E-state index contributed by atoms with van der Waals surface area (Å²) in [7, 11) is 0. The summed E-state index contributed by atoms with van der Waals surface area (Å²) in [6.07, 6.45) is 0. The van der Waals surface area contributed by atoms with Crippen molar-refractivity contribution in [3.63, 3.8) is 0 Å². The standard InChI is InChI=1S/C7H4INS/c8-6-3-1-2-5(4-9)7(6)10/h1-3,10H. The van der Waals surface area contributed by atoms with Gasteiger partial charge in [-0.1, -0.05) is 6.07 Å². The molecule has 0 amide bonds. The lowest BCUT2D eigenvalue weighted by atomic mass is 10.2. The maximum Gasteiger partial charge on any atom is 0.100 e. The molecule has 1 aromatic rings. The summed E-state index contributed by atoms with van der Waals surface area (Å²) in [4.78, 5) is 0.769. The fraction of sp³-hybridized carbons (Fsp3) is 0. The highest BCUT2D eigenvalue weighted by atomic mass is 127. The summed E-state index contributed by atoms with van der Waals surface area (Å²) in [5.74, 6) is 0. The van der Waals surface area contributed by atoms with Gasteiger partial charge in [-0.3, -0.25) is 0 Å². The largest absolute Gasteiger partial charge is 0.192 e. The van der Waals surface area contributed by atoms with Crippen LogP contribution in [0.5, 0.6) is 0 Å². The first-order valence-corrected chi connectivity index (χ1v) is 4.16. The van der Waals surface area contributed by atoms with Crippen LogP contribution in [0.15, 0.2) is 23.1 Å². The third kappa shape index (κ3) is 1.44. The SMILES string of the molecule is N#Cc1cccc(I)c1S. The molecule has 3 heteroatoms. The summed E-state index contributed by atoms with van der Waals surface area (Å²) in [5, 5.41) is 8.54. The van der Waals surface area contributed by atoms with Crippen molar-refractivity contribution in [1.29, 1.82) is 5.26 Å². The van der Waals surface area contributed by atoms with Gasteiger partial charge in [-0.2, -0.15) is 5.26 Å². The van der Waals surface area contributed by atoms with Gasteiger partial charge in [-0.15, -0.1) is 12.6 Å². The number of benzene rings is 1. The van der Waals surface area contributed by atoms with E-state index in [4.69, 9.17) is 5.26 Å². The van der Waals surface area contributed by atoms with Crippen molar-refractivity contribution in [2.45, 2.75) is 4.90 Å². The van der Waals surface area contributed by atoms with Crippen LogP contribution in [0.3, 0.4) is 0 Å². The van der Waals surface area contributed by atoms with E-state index in [1.807, 2.05) is 12.1 Å². The van der Waals surface area contributed by atoms with Crippen molar-refractivity contribution in [3.8, 4) is 6.07 Å². The Bertz CT molecular complexity index is 290. The van der Waals surface area contributed by atoms with Gasteiger partial charge in [0.15, 0.2) is 0 Å². The minimum Gasteiger partial charge on any atom is -0.192 e. The summed E-state index contributed by atoms with van der Waals surface area (Å²) in [6, 6.07) is 7.58. The molecule has 1 nitrogen and oxygen atoms in total. The summed E-state index contributed by atoms with van der Waals surface area (Å²) in [5.41, 5.74) is 0.634. The first-order valence-electron chi connectivity index (χ1n) is 2.63. The Morgan fingerprint density at radius 3 is 2.70 bits per heavy atom. The zero-order chi connectivity index (χ0) is 7.56. The molecule has 0 atom stereocenters. The van der Waals surface area contributed by atoms with Gasteiger partial charge in [-0.05, 0) is 34.7 Å². The predicted molar refractivity (Wildman–Crippen MR) is 51.1 cm³/mol. The van der Waals surface area contributed by atoms with Crippen molar-refractivity contribution >= 4 is 35.2 Å². The molecule has 0 unspecified atom stereocenters. The average Bonchev–Trinajstić information content (AvgIpc) is 1.95. The lowest BCUT2D eigenvalue weighted by Gasteiger charge is -1.96. The number of hydrogen-bond donors (Lipinski definition) is 1. The van der Waals surface area contributed by atoms with Gasteiger partial charge in [0, 0.05) is 8.47 Å². The van der Waals surface area contributed by atoms with Crippen LogP contribution in [0, 0.1) is 14.9 Å². The van der Waals surface area contributed by atoms with E-state index in [-0.39, 0.29) is 0 Å². The summed E-state index contributed by atoms with van der Waals surface area (Å²) < 4.78 is 1.01. The Hall–Kier alpha value is -0.210. The highest BCUT2D eigenvalue weighted by Gasteiger charge is 1.98. The fourth-order valence-corrected chi connectivity index (χ4v) is 1.30. The van der Waals surface area contributed by atoms with Gasteiger partial charge in [-0.25, -0.2) is 0 Å². The molecule has 1 aromatic carbocycles. The van der Waals surface area contributed by atoms with Crippen LogP contribution in [0.2, 0.25) is 0 Å². The first kappa shape index (κ1) is 7.89. The molecule has 0 aliphatic carbocycles. The number of hydrogen-bond acceptors (Lipinski definition) is 2. The summed E-state index contributed by atoms with van der Waals surface area (Å²) >= 11 is 6.31. The van der Waals surface area contributed by atoms with E-state index >= 15 is 0 Å². The van der Waals surface area contributed by atoms with E-state index in [0.29, 0.717) is 5.56 Å². The van der Waals surface area contributed by atoms with Crippen LogP contribution in [-0.2, 0) is 0 Å². The van der Waals surface area contributed by atoms with Gasteiger partial charge in [0.1, 0.15) is 6.07 Å². The van der Waals surface area contributed by atoms with Crippen molar-refractivity contribution in [2.75, 3.05) is 0 Å². The van der Waals surface area contributed by atoms with E-state index in [9.17, 15) is 0 Å². The molecule has 0 N–H and O–H groups in total. The second-order valence-electron chi connectivity index (χ2n) is 1.75. The molecule has 50 valence electrons. The Morgan fingerprint density at radius 2 is 2.20 bits per heavy atom. The minimum absolute atomic E-state index is 0.634. The van der Waals surface area contributed by atoms with E-state index in [0.717, 1.165) is 8.47 Å². The number of halogens is 1. The van der Waals surface area contributed by atoms with Crippen molar-refractivity contribution in [2.24, 2.45) is 0 Å². The molecule has 10 heavy (non-hydrogen) atoms. The second kappa shape index (κ2) is 3.26. The third-order valence-corrected chi connectivity index (χ3v) is 2.91. The zero-order valence-electron chi connectivity index (χ0n) is 5.00. The van der Waals surface area contributed by atoms with Gasteiger partial charge in [0.05, 0.1) is 5.56 Å².